The lowest BCUT2D eigenvalue weighted by molar-refractivity contribution is -0.131. The Labute approximate surface area is 217 Å². The van der Waals surface area contributed by atoms with E-state index in [-0.39, 0.29) is 11.8 Å². The topological polar surface area (TPSA) is 66.1 Å². The van der Waals surface area contributed by atoms with Crippen LogP contribution in [-0.2, 0) is 9.59 Å². The molecule has 2 aromatic carbocycles. The zero-order valence-corrected chi connectivity index (χ0v) is 21.4. The predicted octanol–water partition coefficient (Wildman–Crippen LogP) is 5.57. The number of fused-ring (bicyclic) bond motifs is 1. The zero-order valence-electron chi connectivity index (χ0n) is 21.4. The van der Waals surface area contributed by atoms with Gasteiger partial charge in [0.05, 0.1) is 6.26 Å². The van der Waals surface area contributed by atoms with Gasteiger partial charge in [0.1, 0.15) is 17.0 Å². The lowest BCUT2D eigenvalue weighted by atomic mass is 9.97. The van der Waals surface area contributed by atoms with E-state index in [0.29, 0.717) is 18.4 Å². The molecule has 1 aromatic heterocycles. The summed E-state index contributed by atoms with van der Waals surface area (Å²) in [7, 11) is 0. The first-order valence-electron chi connectivity index (χ1n) is 13.8. The number of amidine groups is 1. The van der Waals surface area contributed by atoms with Gasteiger partial charge in [0.25, 0.3) is 5.91 Å². The molecule has 0 radical (unpaired) electrons. The largest absolute Gasteiger partial charge is 0.464 e. The van der Waals surface area contributed by atoms with E-state index in [1.165, 1.54) is 0 Å². The average molecular weight is 496 g/mol. The van der Waals surface area contributed by atoms with Gasteiger partial charge in [-0.15, -0.1) is 0 Å². The van der Waals surface area contributed by atoms with Crippen LogP contribution in [-0.4, -0.2) is 52.6 Å². The van der Waals surface area contributed by atoms with E-state index >= 15 is 0 Å². The van der Waals surface area contributed by atoms with Crippen molar-refractivity contribution in [3.05, 3.63) is 59.9 Å². The smallest absolute Gasteiger partial charge is 0.256 e. The minimum atomic E-state index is -0.588. The second kappa shape index (κ2) is 8.57. The molecule has 1 saturated heterocycles. The molecule has 2 saturated carbocycles. The van der Waals surface area contributed by atoms with E-state index in [1.54, 1.807) is 6.26 Å². The Balaban J connectivity index is 1.18. The standard InChI is InChI=1S/C31H33N3O3/c1-20-16-23(24-7-9-27-25(17-24)11-15-37-27)6-8-26(20)28-32-31(12-2-3-13-31)30(36)34(28)19-21-10-14-33(18-21)29(35)22-4-5-22/h6-9,11,15-17,21-22H,2-5,10,12-14,18-19H2,1H3/t21-/m1/s1. The van der Waals surface area contributed by atoms with Crippen LogP contribution in [0.2, 0.25) is 0 Å². The van der Waals surface area contributed by atoms with Crippen molar-refractivity contribution in [1.82, 2.24) is 9.80 Å². The van der Waals surface area contributed by atoms with Crippen LogP contribution >= 0.6 is 0 Å². The lowest BCUT2D eigenvalue weighted by Gasteiger charge is -2.26. The van der Waals surface area contributed by atoms with Gasteiger partial charge in [-0.1, -0.05) is 37.1 Å². The van der Waals surface area contributed by atoms with Gasteiger partial charge in [0.15, 0.2) is 0 Å². The number of aryl methyl sites for hydroxylation is 1. The van der Waals surface area contributed by atoms with Crippen LogP contribution in [0.5, 0.6) is 0 Å². The molecule has 2 aliphatic carbocycles. The van der Waals surface area contributed by atoms with Crippen molar-refractivity contribution in [2.45, 2.75) is 57.4 Å². The first-order valence-corrected chi connectivity index (χ1v) is 13.8. The minimum Gasteiger partial charge on any atom is -0.464 e. The maximum Gasteiger partial charge on any atom is 0.256 e. The Bertz CT molecular complexity index is 1430. The summed E-state index contributed by atoms with van der Waals surface area (Å²) in [5.74, 6) is 1.86. The van der Waals surface area contributed by atoms with Gasteiger partial charge >= 0.3 is 0 Å². The molecule has 6 nitrogen and oxygen atoms in total. The average Bonchev–Trinajstić information content (AvgIpc) is 3.25. The van der Waals surface area contributed by atoms with Crippen LogP contribution in [0.1, 0.15) is 56.1 Å². The van der Waals surface area contributed by atoms with Crippen molar-refractivity contribution in [3.8, 4) is 11.1 Å². The summed E-state index contributed by atoms with van der Waals surface area (Å²) in [6.07, 6.45) is 8.53. The van der Waals surface area contributed by atoms with Crippen LogP contribution in [0.15, 0.2) is 58.1 Å². The van der Waals surface area contributed by atoms with Crippen molar-refractivity contribution in [2.24, 2.45) is 16.8 Å². The third-order valence-corrected chi connectivity index (χ3v) is 8.87. The van der Waals surface area contributed by atoms with Crippen molar-refractivity contribution in [1.29, 1.82) is 0 Å². The Hall–Kier alpha value is -3.41. The highest BCUT2D eigenvalue weighted by Crippen LogP contribution is 2.41. The SMILES string of the molecule is Cc1cc(-c2ccc3occc3c2)ccc1C1=NC2(CCCC2)C(=O)N1C[C@@H]1CCN(C(=O)C2CC2)C1. The molecule has 0 N–H and O–H groups in total. The fourth-order valence-corrected chi connectivity index (χ4v) is 6.59. The summed E-state index contributed by atoms with van der Waals surface area (Å²) >= 11 is 0. The maximum absolute atomic E-state index is 13.9. The molecular formula is C31H33N3O3. The van der Waals surface area contributed by atoms with Crippen LogP contribution in [0.3, 0.4) is 0 Å². The van der Waals surface area contributed by atoms with Crippen LogP contribution < -0.4 is 0 Å². The molecule has 37 heavy (non-hydrogen) atoms. The zero-order chi connectivity index (χ0) is 25.1. The molecule has 1 spiro atoms. The number of carbonyl (C=O) groups excluding carboxylic acids is 2. The van der Waals surface area contributed by atoms with E-state index in [4.69, 9.17) is 9.41 Å². The number of carbonyl (C=O) groups is 2. The van der Waals surface area contributed by atoms with E-state index in [9.17, 15) is 9.59 Å². The molecule has 3 fully saturated rings. The van der Waals surface area contributed by atoms with Gasteiger partial charge < -0.3 is 9.32 Å². The molecule has 2 aliphatic heterocycles. The number of likely N-dealkylation sites (tertiary alicyclic amines) is 1. The Morgan fingerprint density at radius 3 is 2.62 bits per heavy atom. The number of hydrogen-bond acceptors (Lipinski definition) is 4. The molecular weight excluding hydrogens is 462 g/mol. The van der Waals surface area contributed by atoms with Gasteiger partial charge in [-0.25, -0.2) is 0 Å². The highest BCUT2D eigenvalue weighted by molar-refractivity contribution is 6.16. The van der Waals surface area contributed by atoms with Gasteiger partial charge in [-0.2, -0.15) is 0 Å². The molecule has 0 unspecified atom stereocenters. The number of hydrogen-bond donors (Lipinski definition) is 0. The van der Waals surface area contributed by atoms with Crippen LogP contribution in [0, 0.1) is 18.8 Å². The quantitative estimate of drug-likeness (QED) is 0.465. The van der Waals surface area contributed by atoms with Crippen LogP contribution in [0.25, 0.3) is 22.1 Å². The monoisotopic (exact) mass is 495 g/mol. The van der Waals surface area contributed by atoms with Crippen molar-refractivity contribution in [3.63, 3.8) is 0 Å². The molecule has 3 heterocycles. The molecule has 7 rings (SSSR count). The van der Waals surface area contributed by atoms with Crippen molar-refractivity contribution >= 4 is 28.6 Å². The lowest BCUT2D eigenvalue weighted by Crippen LogP contribution is -2.44. The van der Waals surface area contributed by atoms with E-state index in [1.807, 2.05) is 21.9 Å². The normalized spacial score (nSPS) is 23.0. The Kier molecular flexibility index (Phi) is 5.27. The Morgan fingerprint density at radius 1 is 1.05 bits per heavy atom. The van der Waals surface area contributed by atoms with Gasteiger partial charge in [0, 0.05) is 36.5 Å². The summed E-state index contributed by atoms with van der Waals surface area (Å²) in [5, 5.41) is 1.09. The first-order chi connectivity index (χ1) is 18.0. The molecule has 2 amide bonds. The fourth-order valence-electron chi connectivity index (χ4n) is 6.59. The van der Waals surface area contributed by atoms with E-state index in [0.717, 1.165) is 97.1 Å². The first kappa shape index (κ1) is 22.8. The minimum absolute atomic E-state index is 0.167. The maximum atomic E-state index is 13.9. The number of nitrogens with zero attached hydrogens (tertiary/aromatic N) is 3. The molecule has 1 atom stereocenters. The molecule has 0 bridgehead atoms. The molecule has 190 valence electrons. The number of furan rings is 1. The second-order valence-electron chi connectivity index (χ2n) is 11.5. The summed E-state index contributed by atoms with van der Waals surface area (Å²) in [5.41, 5.74) is 4.74. The second-order valence-corrected chi connectivity index (χ2v) is 11.5. The number of rotatable bonds is 5. The number of amides is 2. The van der Waals surface area contributed by atoms with Gasteiger partial charge in [-0.3, -0.25) is 19.5 Å². The molecule has 3 aromatic rings. The van der Waals surface area contributed by atoms with E-state index in [2.05, 4.69) is 37.3 Å². The number of benzene rings is 2. The third-order valence-electron chi connectivity index (χ3n) is 8.87. The summed E-state index contributed by atoms with van der Waals surface area (Å²) in [6, 6.07) is 14.7. The summed E-state index contributed by atoms with van der Waals surface area (Å²) in [4.78, 5) is 35.7. The Morgan fingerprint density at radius 2 is 1.84 bits per heavy atom. The van der Waals surface area contributed by atoms with Crippen molar-refractivity contribution < 1.29 is 14.0 Å². The van der Waals surface area contributed by atoms with Crippen LogP contribution in [0.4, 0.5) is 0 Å². The third kappa shape index (κ3) is 3.89. The highest BCUT2D eigenvalue weighted by atomic mass is 16.3. The summed E-state index contributed by atoms with van der Waals surface area (Å²) in [6.45, 7) is 4.33. The molecule has 4 aliphatic rings. The van der Waals surface area contributed by atoms with Gasteiger partial charge in [-0.05, 0) is 79.8 Å². The predicted molar refractivity (Wildman–Crippen MR) is 143 cm³/mol. The van der Waals surface area contributed by atoms with Crippen molar-refractivity contribution in [2.75, 3.05) is 19.6 Å². The number of aliphatic imine (C=N–C) groups is 1. The van der Waals surface area contributed by atoms with Gasteiger partial charge in [0.2, 0.25) is 5.91 Å². The molecule has 6 heteroatoms. The highest BCUT2D eigenvalue weighted by Gasteiger charge is 2.51. The van der Waals surface area contributed by atoms with E-state index < -0.39 is 5.54 Å². The summed E-state index contributed by atoms with van der Waals surface area (Å²) < 4.78 is 5.50. The fraction of sp³-hybridized carbons (Fsp3) is 0.452.